The molecule has 0 atom stereocenters. The maximum atomic E-state index is 5.21. The minimum atomic E-state index is 0.120. The molecule has 1 aromatic rings. The van der Waals surface area contributed by atoms with Gasteiger partial charge in [0.25, 0.3) is 0 Å². The monoisotopic (exact) mass is 320 g/mol. The van der Waals surface area contributed by atoms with Crippen LogP contribution in [0, 0.1) is 0 Å². The van der Waals surface area contributed by atoms with Crippen LogP contribution < -0.4 is 0 Å². The summed E-state index contributed by atoms with van der Waals surface area (Å²) in [7, 11) is 0. The molecule has 0 aromatic carbocycles. The van der Waals surface area contributed by atoms with Crippen molar-refractivity contribution >= 4 is 0 Å². The number of rotatable bonds is 9. The lowest BCUT2D eigenvalue weighted by Gasteiger charge is -2.31. The van der Waals surface area contributed by atoms with E-state index in [1.54, 1.807) is 0 Å². The Hall–Kier alpha value is -0.790. The van der Waals surface area contributed by atoms with Gasteiger partial charge in [-0.05, 0) is 25.7 Å². The fourth-order valence-corrected chi connectivity index (χ4v) is 3.12. The first-order chi connectivity index (χ1) is 10.6. The van der Waals surface area contributed by atoms with Gasteiger partial charge in [0.1, 0.15) is 5.82 Å². The fraction of sp³-hybridized carbons (Fsp3) is 0.857. The Morgan fingerprint density at radius 1 is 0.826 bits per heavy atom. The standard InChI is InChI=1S/C21H40N2/c1-10-14-15-20(7,8)18-22-16(19(5,6)11-2)17(23-18)21(9,12-3)13-4/h10-15H2,1-9H3,(H,22,23). The Bertz CT molecular complexity index is 490. The van der Waals surface area contributed by atoms with Gasteiger partial charge in [-0.1, -0.05) is 75.2 Å². The first kappa shape index (κ1) is 20.3. The SMILES string of the molecule is CCCCC(C)(C)c1nc(C(C)(CC)CC)c(C(C)(C)CC)[nH]1. The van der Waals surface area contributed by atoms with Crippen molar-refractivity contribution in [2.75, 3.05) is 0 Å². The van der Waals surface area contributed by atoms with Crippen LogP contribution in [0.1, 0.15) is 118 Å². The average Bonchev–Trinajstić information content (AvgIpc) is 2.99. The van der Waals surface area contributed by atoms with Crippen molar-refractivity contribution in [3.63, 3.8) is 0 Å². The summed E-state index contributed by atoms with van der Waals surface area (Å²) in [6.07, 6.45) is 7.09. The summed E-state index contributed by atoms with van der Waals surface area (Å²) in [4.78, 5) is 8.99. The summed E-state index contributed by atoms with van der Waals surface area (Å²) >= 11 is 0. The maximum absolute atomic E-state index is 5.21. The molecule has 1 aromatic heterocycles. The van der Waals surface area contributed by atoms with Crippen LogP contribution in [0.5, 0.6) is 0 Å². The average molecular weight is 321 g/mol. The van der Waals surface area contributed by atoms with Gasteiger partial charge in [0.2, 0.25) is 0 Å². The molecule has 2 nitrogen and oxygen atoms in total. The van der Waals surface area contributed by atoms with E-state index in [9.17, 15) is 0 Å². The molecule has 0 bridgehead atoms. The summed E-state index contributed by atoms with van der Waals surface area (Å²) in [5, 5.41) is 0. The quantitative estimate of drug-likeness (QED) is 0.542. The van der Waals surface area contributed by atoms with Gasteiger partial charge in [0.15, 0.2) is 0 Å². The lowest BCUT2D eigenvalue weighted by molar-refractivity contribution is 0.400. The van der Waals surface area contributed by atoms with Crippen LogP contribution in [0.25, 0.3) is 0 Å². The smallest absolute Gasteiger partial charge is 0.112 e. The fourth-order valence-electron chi connectivity index (χ4n) is 3.12. The number of nitrogens with one attached hydrogen (secondary N) is 1. The van der Waals surface area contributed by atoms with E-state index < -0.39 is 0 Å². The predicted molar refractivity (Wildman–Crippen MR) is 102 cm³/mol. The molecule has 1 heterocycles. The number of nitrogens with zero attached hydrogens (tertiary/aromatic N) is 1. The summed E-state index contributed by atoms with van der Waals surface area (Å²) in [5.41, 5.74) is 3.11. The molecule has 1 rings (SSSR count). The van der Waals surface area contributed by atoms with Gasteiger partial charge < -0.3 is 4.98 Å². The van der Waals surface area contributed by atoms with Gasteiger partial charge in [-0.25, -0.2) is 4.98 Å². The molecule has 0 radical (unpaired) electrons. The highest BCUT2D eigenvalue weighted by Crippen LogP contribution is 2.40. The van der Waals surface area contributed by atoms with Crippen molar-refractivity contribution in [1.29, 1.82) is 0 Å². The van der Waals surface area contributed by atoms with Crippen LogP contribution in [0.4, 0.5) is 0 Å². The van der Waals surface area contributed by atoms with Gasteiger partial charge in [-0.3, -0.25) is 0 Å². The molecule has 2 heteroatoms. The van der Waals surface area contributed by atoms with Crippen LogP contribution in [0.2, 0.25) is 0 Å². The third-order valence-electron chi connectivity index (χ3n) is 6.19. The van der Waals surface area contributed by atoms with Gasteiger partial charge in [0.05, 0.1) is 5.69 Å². The number of hydrogen-bond donors (Lipinski definition) is 1. The molecule has 0 aliphatic rings. The topological polar surface area (TPSA) is 28.7 Å². The summed E-state index contributed by atoms with van der Waals surface area (Å²) in [5.74, 6) is 1.19. The number of aromatic nitrogens is 2. The van der Waals surface area contributed by atoms with Crippen LogP contribution in [-0.2, 0) is 16.2 Å². The molecule has 0 fully saturated rings. The lowest BCUT2D eigenvalue weighted by atomic mass is 9.75. The highest BCUT2D eigenvalue weighted by Gasteiger charge is 2.37. The first-order valence-corrected chi connectivity index (χ1v) is 9.69. The van der Waals surface area contributed by atoms with E-state index in [0.29, 0.717) is 0 Å². The zero-order valence-corrected chi connectivity index (χ0v) is 17.2. The van der Waals surface area contributed by atoms with Crippen molar-refractivity contribution in [2.45, 2.75) is 117 Å². The van der Waals surface area contributed by atoms with Gasteiger partial charge >= 0.3 is 0 Å². The van der Waals surface area contributed by atoms with Crippen LogP contribution in [-0.4, -0.2) is 9.97 Å². The first-order valence-electron chi connectivity index (χ1n) is 9.69. The van der Waals surface area contributed by atoms with E-state index in [1.807, 2.05) is 0 Å². The Kier molecular flexibility index (Phi) is 6.52. The molecule has 23 heavy (non-hydrogen) atoms. The summed E-state index contributed by atoms with van der Waals surface area (Å²) in [6, 6.07) is 0. The number of hydrogen-bond acceptors (Lipinski definition) is 1. The van der Waals surface area contributed by atoms with Crippen molar-refractivity contribution in [2.24, 2.45) is 0 Å². The van der Waals surface area contributed by atoms with Crippen molar-refractivity contribution in [1.82, 2.24) is 9.97 Å². The zero-order valence-electron chi connectivity index (χ0n) is 17.2. The Morgan fingerprint density at radius 2 is 1.39 bits per heavy atom. The molecule has 134 valence electrons. The maximum Gasteiger partial charge on any atom is 0.112 e. The second-order valence-corrected chi connectivity index (χ2v) is 8.80. The third-order valence-corrected chi connectivity index (χ3v) is 6.19. The largest absolute Gasteiger partial charge is 0.345 e. The second kappa shape index (κ2) is 7.40. The highest BCUT2D eigenvalue weighted by molar-refractivity contribution is 5.31. The molecule has 0 aliphatic carbocycles. The summed E-state index contributed by atoms with van der Waals surface area (Å²) < 4.78 is 0. The normalized spacial score (nSPS) is 13.6. The third kappa shape index (κ3) is 4.19. The van der Waals surface area contributed by atoms with E-state index in [2.05, 4.69) is 67.3 Å². The predicted octanol–water partition coefficient (Wildman–Crippen LogP) is 6.64. The number of imidazole rings is 1. The Labute approximate surface area is 144 Å². The molecule has 0 spiro atoms. The van der Waals surface area contributed by atoms with E-state index in [1.165, 1.54) is 36.5 Å². The van der Waals surface area contributed by atoms with Crippen LogP contribution in [0.3, 0.4) is 0 Å². The molecule has 1 N–H and O–H groups in total. The number of aromatic amines is 1. The van der Waals surface area contributed by atoms with E-state index >= 15 is 0 Å². The zero-order chi connectivity index (χ0) is 17.9. The molecular weight excluding hydrogens is 280 g/mol. The van der Waals surface area contributed by atoms with E-state index in [0.717, 1.165) is 19.3 Å². The molecule has 0 saturated carbocycles. The molecule has 0 amide bonds. The number of H-pyrrole nitrogens is 1. The minimum absolute atomic E-state index is 0.120. The van der Waals surface area contributed by atoms with E-state index in [4.69, 9.17) is 4.98 Å². The number of unbranched alkanes of at least 4 members (excludes halogenated alkanes) is 1. The van der Waals surface area contributed by atoms with Gasteiger partial charge in [-0.15, -0.1) is 0 Å². The van der Waals surface area contributed by atoms with Crippen LogP contribution in [0.15, 0.2) is 0 Å². The van der Waals surface area contributed by atoms with Crippen molar-refractivity contribution < 1.29 is 0 Å². The Balaban J connectivity index is 3.44. The summed E-state index contributed by atoms with van der Waals surface area (Å²) in [6.45, 7) is 20.9. The molecule has 0 aliphatic heterocycles. The second-order valence-electron chi connectivity index (χ2n) is 8.80. The minimum Gasteiger partial charge on any atom is -0.345 e. The highest BCUT2D eigenvalue weighted by atomic mass is 15.0. The molecule has 0 saturated heterocycles. The van der Waals surface area contributed by atoms with Gasteiger partial charge in [-0.2, -0.15) is 0 Å². The van der Waals surface area contributed by atoms with Crippen molar-refractivity contribution in [3.8, 4) is 0 Å². The molecule has 0 unspecified atom stereocenters. The van der Waals surface area contributed by atoms with Crippen LogP contribution >= 0.6 is 0 Å². The van der Waals surface area contributed by atoms with E-state index in [-0.39, 0.29) is 16.2 Å². The van der Waals surface area contributed by atoms with Gasteiger partial charge in [0, 0.05) is 21.9 Å². The van der Waals surface area contributed by atoms with Crippen molar-refractivity contribution in [3.05, 3.63) is 17.2 Å². The molecular formula is C21H40N2. The lowest BCUT2D eigenvalue weighted by Crippen LogP contribution is -2.27. The Morgan fingerprint density at radius 3 is 1.83 bits per heavy atom.